The molecule has 30 heavy (non-hydrogen) atoms. The lowest BCUT2D eigenvalue weighted by Crippen LogP contribution is -2.45. The van der Waals surface area contributed by atoms with E-state index in [2.05, 4.69) is 15.0 Å². The molecule has 1 aliphatic heterocycles. The van der Waals surface area contributed by atoms with E-state index in [-0.39, 0.29) is 42.1 Å². The number of aromatic nitrogens is 2. The second-order valence-electron chi connectivity index (χ2n) is 7.14. The lowest BCUT2D eigenvalue weighted by molar-refractivity contribution is -0.0146. The van der Waals surface area contributed by atoms with Gasteiger partial charge in [-0.2, -0.15) is 0 Å². The number of amidine groups is 1. The Morgan fingerprint density at radius 1 is 1.30 bits per heavy atom. The van der Waals surface area contributed by atoms with Crippen molar-refractivity contribution >= 4 is 11.6 Å². The van der Waals surface area contributed by atoms with Crippen LogP contribution in [-0.2, 0) is 16.7 Å². The summed E-state index contributed by atoms with van der Waals surface area (Å²) in [5.74, 6) is -1.17. The number of rotatable bonds is 7. The van der Waals surface area contributed by atoms with Gasteiger partial charge in [0.05, 0.1) is 25.1 Å². The van der Waals surface area contributed by atoms with Crippen LogP contribution < -0.4 is 10.5 Å². The van der Waals surface area contributed by atoms with Crippen molar-refractivity contribution < 1.29 is 27.4 Å². The number of carbonyl (C=O) groups is 1. The van der Waals surface area contributed by atoms with Gasteiger partial charge in [-0.15, -0.1) is 0 Å². The summed E-state index contributed by atoms with van der Waals surface area (Å²) in [6.45, 7) is 3.02. The quantitative estimate of drug-likeness (QED) is 0.689. The van der Waals surface area contributed by atoms with Crippen molar-refractivity contribution in [3.63, 3.8) is 0 Å². The average molecular weight is 422 g/mol. The van der Waals surface area contributed by atoms with Crippen LogP contribution in [0.15, 0.2) is 35.6 Å². The van der Waals surface area contributed by atoms with Gasteiger partial charge in [-0.3, -0.25) is 9.79 Å². The molecule has 2 heterocycles. The second kappa shape index (κ2) is 8.78. The van der Waals surface area contributed by atoms with Crippen molar-refractivity contribution in [2.75, 3.05) is 13.2 Å². The van der Waals surface area contributed by atoms with Crippen molar-refractivity contribution in [1.29, 1.82) is 0 Å². The maximum Gasteiger partial charge on any atom is 0.269 e. The van der Waals surface area contributed by atoms with E-state index in [1.807, 2.05) is 13.8 Å². The molecule has 2 aromatic rings. The molecule has 160 valence electrons. The lowest BCUT2D eigenvalue weighted by atomic mass is 9.88. The van der Waals surface area contributed by atoms with Crippen LogP contribution in [0.25, 0.3) is 0 Å². The molecular weight excluding hydrogens is 401 g/mol. The maximum absolute atomic E-state index is 14.5. The third-order valence-corrected chi connectivity index (χ3v) is 4.41. The monoisotopic (exact) mass is 422 g/mol. The molecule has 0 unspecified atom stereocenters. The zero-order chi connectivity index (χ0) is 21.9. The minimum Gasteiger partial charge on any atom is -0.474 e. The first-order valence-corrected chi connectivity index (χ1v) is 9.22. The largest absolute Gasteiger partial charge is 0.474 e. The fourth-order valence-electron chi connectivity index (χ4n) is 3.05. The minimum absolute atomic E-state index is 0.0730. The number of Topliss-reactive ketones (excluding diaryl/α,β-unsaturated/α-hetero) is 1. The topological polar surface area (TPSA) is 99.7 Å². The smallest absolute Gasteiger partial charge is 0.269 e. The highest BCUT2D eigenvalue weighted by Crippen LogP contribution is 2.37. The number of hydrogen-bond donors (Lipinski definition) is 1. The summed E-state index contributed by atoms with van der Waals surface area (Å²) >= 11 is 0. The Labute approximate surface area is 171 Å². The molecule has 3 rings (SSSR count). The number of halogens is 3. The third kappa shape index (κ3) is 4.59. The molecule has 2 N–H and O–H groups in total. The highest BCUT2D eigenvalue weighted by atomic mass is 19.3. The summed E-state index contributed by atoms with van der Waals surface area (Å²) < 4.78 is 52.7. The Morgan fingerprint density at radius 2 is 2.07 bits per heavy atom. The zero-order valence-electron chi connectivity index (χ0n) is 16.4. The van der Waals surface area contributed by atoms with E-state index in [0.29, 0.717) is 5.56 Å². The number of ketones is 1. The van der Waals surface area contributed by atoms with E-state index in [1.165, 1.54) is 24.5 Å². The number of aliphatic imine (C=N–C) groups is 1. The molecule has 1 aliphatic rings. The van der Waals surface area contributed by atoms with E-state index < -0.39 is 30.2 Å². The van der Waals surface area contributed by atoms with Crippen molar-refractivity contribution in [3.8, 4) is 5.88 Å². The van der Waals surface area contributed by atoms with E-state index in [9.17, 15) is 18.0 Å². The molecular formula is C20H21F3N4O3. The van der Waals surface area contributed by atoms with Crippen LogP contribution in [0, 0.1) is 5.82 Å². The molecule has 0 radical (unpaired) electrons. The van der Waals surface area contributed by atoms with Gasteiger partial charge in [0.25, 0.3) is 6.43 Å². The maximum atomic E-state index is 14.5. The van der Waals surface area contributed by atoms with Gasteiger partial charge in [0, 0.05) is 12.0 Å². The number of hydrogen-bond acceptors (Lipinski definition) is 7. The van der Waals surface area contributed by atoms with Gasteiger partial charge in [0.1, 0.15) is 24.0 Å². The van der Waals surface area contributed by atoms with Crippen molar-refractivity contribution in [1.82, 2.24) is 9.97 Å². The molecule has 1 aromatic carbocycles. The molecule has 1 atom stereocenters. The van der Waals surface area contributed by atoms with Crippen LogP contribution in [0.3, 0.4) is 0 Å². The van der Waals surface area contributed by atoms with E-state index in [1.54, 1.807) is 0 Å². The number of nitrogens with zero attached hydrogens (tertiary/aromatic N) is 3. The highest BCUT2D eigenvalue weighted by Gasteiger charge is 2.46. The lowest BCUT2D eigenvalue weighted by Gasteiger charge is -2.33. The van der Waals surface area contributed by atoms with Crippen LogP contribution in [-0.4, -0.2) is 47.3 Å². The molecule has 1 aromatic heterocycles. The van der Waals surface area contributed by atoms with Crippen LogP contribution in [0.2, 0.25) is 0 Å². The van der Waals surface area contributed by atoms with E-state index in [0.717, 1.165) is 6.07 Å². The summed E-state index contributed by atoms with van der Waals surface area (Å²) in [6.07, 6.45) is -0.750. The Kier molecular flexibility index (Phi) is 6.35. The number of benzene rings is 1. The molecule has 0 amide bonds. The average Bonchev–Trinajstić information content (AvgIpc) is 2.69. The van der Waals surface area contributed by atoms with Crippen LogP contribution in [0.1, 0.15) is 35.5 Å². The van der Waals surface area contributed by atoms with Gasteiger partial charge in [-0.05, 0) is 31.5 Å². The summed E-state index contributed by atoms with van der Waals surface area (Å²) in [5, 5.41) is 0. The molecule has 10 heteroatoms. The Morgan fingerprint density at radius 3 is 2.67 bits per heavy atom. The molecule has 0 bridgehead atoms. The van der Waals surface area contributed by atoms with Crippen molar-refractivity contribution in [2.24, 2.45) is 10.7 Å². The number of ether oxygens (including phenoxy) is 2. The predicted molar refractivity (Wildman–Crippen MR) is 102 cm³/mol. The fraction of sp³-hybridized carbons (Fsp3) is 0.400. The summed E-state index contributed by atoms with van der Waals surface area (Å²) in [6, 6.07) is 3.55. The SMILES string of the molecule is CC(C)Oc1cnc(C(=O)Cc2ccc(F)c([C@]3(C(F)F)COCC(N)=N3)c2)cn1. The van der Waals surface area contributed by atoms with Gasteiger partial charge >= 0.3 is 0 Å². The number of nitrogens with two attached hydrogens (primary N) is 1. The van der Waals surface area contributed by atoms with Gasteiger partial charge in [0.2, 0.25) is 5.88 Å². The first kappa shape index (κ1) is 21.7. The van der Waals surface area contributed by atoms with E-state index in [4.69, 9.17) is 15.2 Å². The molecule has 0 fully saturated rings. The van der Waals surface area contributed by atoms with Crippen molar-refractivity contribution in [2.45, 2.75) is 38.3 Å². The molecule has 0 aliphatic carbocycles. The van der Waals surface area contributed by atoms with Crippen molar-refractivity contribution in [3.05, 3.63) is 53.2 Å². The third-order valence-electron chi connectivity index (χ3n) is 4.41. The Bertz CT molecular complexity index is 951. The minimum atomic E-state index is -3.06. The summed E-state index contributed by atoms with van der Waals surface area (Å²) in [7, 11) is 0. The van der Waals surface area contributed by atoms with Gasteiger partial charge < -0.3 is 15.2 Å². The Hall–Kier alpha value is -3.01. The second-order valence-corrected chi connectivity index (χ2v) is 7.14. The number of carbonyl (C=O) groups excluding carboxylic acids is 1. The first-order chi connectivity index (χ1) is 14.2. The highest BCUT2D eigenvalue weighted by molar-refractivity contribution is 5.95. The van der Waals surface area contributed by atoms with Gasteiger partial charge in [0.15, 0.2) is 11.3 Å². The predicted octanol–water partition coefficient (Wildman–Crippen LogP) is 2.68. The summed E-state index contributed by atoms with van der Waals surface area (Å²) in [4.78, 5) is 24.4. The van der Waals surface area contributed by atoms with Gasteiger partial charge in [-0.25, -0.2) is 23.1 Å². The Balaban J connectivity index is 1.86. The normalized spacial score (nSPS) is 19.1. The fourth-order valence-corrected chi connectivity index (χ4v) is 3.05. The van der Waals surface area contributed by atoms with E-state index >= 15 is 0 Å². The van der Waals surface area contributed by atoms with Crippen LogP contribution in [0.4, 0.5) is 13.2 Å². The zero-order valence-corrected chi connectivity index (χ0v) is 16.4. The standard InChI is InChI=1S/C20H21F3N4O3/c1-11(2)30-18-8-25-15(7-26-18)16(28)6-12-3-4-14(21)13(5-12)20(19(22)23)10-29-9-17(24)27-20/h3-5,7-8,11,19H,6,9-10H2,1-2H3,(H2,24,27)/t20-/m0/s1. The first-order valence-electron chi connectivity index (χ1n) is 9.22. The van der Waals surface area contributed by atoms with Crippen LogP contribution >= 0.6 is 0 Å². The molecule has 0 saturated carbocycles. The molecule has 7 nitrogen and oxygen atoms in total. The van der Waals surface area contributed by atoms with Crippen LogP contribution in [0.5, 0.6) is 5.88 Å². The number of alkyl halides is 2. The summed E-state index contributed by atoms with van der Waals surface area (Å²) in [5.41, 5.74) is 3.31. The molecule has 0 spiro atoms. The van der Waals surface area contributed by atoms with Gasteiger partial charge in [-0.1, -0.05) is 6.07 Å². The molecule has 0 saturated heterocycles.